The van der Waals surface area contributed by atoms with E-state index in [1.165, 1.54) is 6.20 Å². The summed E-state index contributed by atoms with van der Waals surface area (Å²) in [6.45, 7) is 13.1. The van der Waals surface area contributed by atoms with Crippen LogP contribution in [-0.4, -0.2) is 116 Å². The third-order valence-corrected chi connectivity index (χ3v) is 5.20. The molecule has 2 amide bonds. The first-order valence-electron chi connectivity index (χ1n) is 13.4. The van der Waals surface area contributed by atoms with Crippen molar-refractivity contribution < 1.29 is 14.7 Å². The van der Waals surface area contributed by atoms with E-state index >= 15 is 0 Å². The number of aliphatic hydroxyl groups is 1. The van der Waals surface area contributed by atoms with Crippen LogP contribution in [0.15, 0.2) is 12.4 Å². The predicted octanol–water partition coefficient (Wildman–Crippen LogP) is -1.13. The Kier molecular flexibility index (Phi) is 20.2. The molecular formula is C24H50N12O3. The molecule has 2 rings (SSSR count). The van der Waals surface area contributed by atoms with Gasteiger partial charge in [-0.3, -0.25) is 14.3 Å². The van der Waals surface area contributed by atoms with Crippen LogP contribution in [0.3, 0.4) is 0 Å². The Bertz CT molecular complexity index is 862. The molecule has 0 aromatic carbocycles. The minimum absolute atomic E-state index is 0.160. The van der Waals surface area contributed by atoms with Crippen LogP contribution in [-0.2, 0) is 6.54 Å². The molecule has 15 heteroatoms. The summed E-state index contributed by atoms with van der Waals surface area (Å²) < 4.78 is 1.70. The number of aromatic amines is 1. The number of amides is 2. The molecule has 10 N–H and O–H groups in total. The van der Waals surface area contributed by atoms with Gasteiger partial charge >= 0.3 is 0 Å². The second kappa shape index (κ2) is 21.9. The molecule has 39 heavy (non-hydrogen) atoms. The van der Waals surface area contributed by atoms with Crippen molar-refractivity contribution in [3.63, 3.8) is 0 Å². The Hall–Kier alpha value is -2.98. The molecule has 0 aliphatic rings. The Morgan fingerprint density at radius 2 is 1.36 bits per heavy atom. The number of hydrogen-bond donors (Lipinski definition) is 6. The minimum atomic E-state index is -0.199. The number of aryl methyl sites for hydroxylation is 1. The average molecular weight is 555 g/mol. The van der Waals surface area contributed by atoms with Gasteiger partial charge in [-0.05, 0) is 24.7 Å². The number of H-pyrrole nitrogens is 1. The summed E-state index contributed by atoms with van der Waals surface area (Å²) in [6, 6.07) is 0. The summed E-state index contributed by atoms with van der Waals surface area (Å²) >= 11 is 0. The van der Waals surface area contributed by atoms with E-state index in [-0.39, 0.29) is 17.5 Å². The topological polar surface area (TPSA) is 237 Å². The lowest BCUT2D eigenvalue weighted by Gasteiger charge is -2.19. The number of carbonyl (C=O) groups is 2. The first kappa shape index (κ1) is 36.0. The van der Waals surface area contributed by atoms with Gasteiger partial charge in [0, 0.05) is 65.5 Å². The number of nitrogens with two attached hydrogens (primary N) is 4. The number of nitrogens with one attached hydrogen (secondary N) is 1. The molecule has 0 fully saturated rings. The molecule has 0 spiro atoms. The van der Waals surface area contributed by atoms with Gasteiger partial charge < -0.3 is 37.8 Å². The molecule has 0 unspecified atom stereocenters. The van der Waals surface area contributed by atoms with E-state index in [1.807, 2.05) is 0 Å². The van der Waals surface area contributed by atoms with Crippen molar-refractivity contribution in [2.75, 3.05) is 59.0 Å². The van der Waals surface area contributed by atoms with Crippen LogP contribution in [0, 0.1) is 11.8 Å². The lowest BCUT2D eigenvalue weighted by Crippen LogP contribution is -2.39. The van der Waals surface area contributed by atoms with Gasteiger partial charge in [-0.1, -0.05) is 32.9 Å². The van der Waals surface area contributed by atoms with Crippen LogP contribution in [0.2, 0.25) is 0 Å². The zero-order valence-corrected chi connectivity index (χ0v) is 24.0. The molecule has 0 bridgehead atoms. The van der Waals surface area contributed by atoms with Crippen molar-refractivity contribution in [2.24, 2.45) is 34.8 Å². The SMILES string of the molecule is CC(C)CCO.CC(C)CCn1cc(C(=O)N(CCN)CCN)nn1.NCCN(CCN)C(=O)c1cn[nH]n1. The third kappa shape index (κ3) is 15.9. The number of aromatic nitrogens is 6. The molecule has 0 radical (unpaired) electrons. The molecule has 0 aliphatic carbocycles. The van der Waals surface area contributed by atoms with Crippen LogP contribution in [0.25, 0.3) is 0 Å². The second-order valence-electron chi connectivity index (χ2n) is 9.55. The summed E-state index contributed by atoms with van der Waals surface area (Å²) in [5.41, 5.74) is 22.4. The molecule has 2 aromatic heterocycles. The summed E-state index contributed by atoms with van der Waals surface area (Å²) in [6.07, 6.45) is 5.00. The maximum Gasteiger partial charge on any atom is 0.276 e. The van der Waals surface area contributed by atoms with Gasteiger partial charge in [0.2, 0.25) is 0 Å². The zero-order chi connectivity index (χ0) is 29.6. The largest absolute Gasteiger partial charge is 0.396 e. The Morgan fingerprint density at radius 3 is 1.72 bits per heavy atom. The summed E-state index contributed by atoms with van der Waals surface area (Å²) in [4.78, 5) is 27.0. The van der Waals surface area contributed by atoms with Crippen LogP contribution >= 0.6 is 0 Å². The van der Waals surface area contributed by atoms with E-state index in [2.05, 4.69) is 53.4 Å². The van der Waals surface area contributed by atoms with Gasteiger partial charge in [0.15, 0.2) is 11.4 Å². The van der Waals surface area contributed by atoms with E-state index < -0.39 is 0 Å². The molecule has 2 aromatic rings. The normalized spacial score (nSPS) is 10.5. The molecule has 0 atom stereocenters. The predicted molar refractivity (Wildman–Crippen MR) is 150 cm³/mol. The zero-order valence-electron chi connectivity index (χ0n) is 24.0. The number of hydrogen-bond acceptors (Lipinski definition) is 11. The van der Waals surface area contributed by atoms with Crippen LogP contribution in [0.5, 0.6) is 0 Å². The quantitative estimate of drug-likeness (QED) is 0.154. The molecule has 0 saturated heterocycles. The number of nitrogens with zero attached hydrogens (tertiary/aromatic N) is 7. The number of aliphatic hydroxyl groups excluding tert-OH is 1. The van der Waals surface area contributed by atoms with E-state index in [0.29, 0.717) is 76.5 Å². The van der Waals surface area contributed by atoms with Gasteiger partial charge in [-0.25, -0.2) is 0 Å². The van der Waals surface area contributed by atoms with E-state index in [4.69, 9.17) is 28.0 Å². The highest BCUT2D eigenvalue weighted by Gasteiger charge is 2.18. The highest BCUT2D eigenvalue weighted by Crippen LogP contribution is 2.04. The molecule has 0 saturated carbocycles. The molecule has 0 aliphatic heterocycles. The second-order valence-corrected chi connectivity index (χ2v) is 9.55. The van der Waals surface area contributed by atoms with Crippen molar-refractivity contribution >= 4 is 11.8 Å². The third-order valence-electron chi connectivity index (χ3n) is 5.20. The summed E-state index contributed by atoms with van der Waals surface area (Å²) in [5, 5.41) is 25.8. The Labute approximate surface area is 231 Å². The fourth-order valence-corrected chi connectivity index (χ4v) is 3.04. The Balaban J connectivity index is 0.000000631. The highest BCUT2D eigenvalue weighted by molar-refractivity contribution is 5.92. The van der Waals surface area contributed by atoms with Gasteiger partial charge in [0.25, 0.3) is 11.8 Å². The van der Waals surface area contributed by atoms with E-state index in [9.17, 15) is 9.59 Å². The number of rotatable bonds is 15. The minimum Gasteiger partial charge on any atom is -0.396 e. The lowest BCUT2D eigenvalue weighted by molar-refractivity contribution is 0.0752. The van der Waals surface area contributed by atoms with Crippen LogP contribution in [0.1, 0.15) is 61.5 Å². The van der Waals surface area contributed by atoms with E-state index in [1.54, 1.807) is 20.7 Å². The highest BCUT2D eigenvalue weighted by atomic mass is 16.3. The first-order valence-corrected chi connectivity index (χ1v) is 13.4. The fraction of sp³-hybridized carbons (Fsp3) is 0.750. The molecule has 2 heterocycles. The summed E-state index contributed by atoms with van der Waals surface area (Å²) in [7, 11) is 0. The maximum atomic E-state index is 12.2. The van der Waals surface area contributed by atoms with Gasteiger partial charge in [-0.2, -0.15) is 15.4 Å². The molecule has 15 nitrogen and oxygen atoms in total. The lowest BCUT2D eigenvalue weighted by atomic mass is 10.1. The molecular weight excluding hydrogens is 504 g/mol. The molecule has 224 valence electrons. The van der Waals surface area contributed by atoms with Gasteiger partial charge in [-0.15, -0.1) is 5.10 Å². The number of carbonyl (C=O) groups excluding carboxylic acids is 2. The van der Waals surface area contributed by atoms with Gasteiger partial charge in [0.05, 0.1) is 12.4 Å². The first-order chi connectivity index (χ1) is 18.6. The van der Waals surface area contributed by atoms with Crippen molar-refractivity contribution in [1.82, 2.24) is 40.2 Å². The smallest absolute Gasteiger partial charge is 0.276 e. The average Bonchev–Trinajstić information content (AvgIpc) is 3.60. The van der Waals surface area contributed by atoms with Crippen molar-refractivity contribution in [2.45, 2.75) is 47.1 Å². The fourth-order valence-electron chi connectivity index (χ4n) is 3.04. The van der Waals surface area contributed by atoms with E-state index in [0.717, 1.165) is 19.4 Å². The Morgan fingerprint density at radius 1 is 0.872 bits per heavy atom. The van der Waals surface area contributed by atoms with Crippen LogP contribution in [0.4, 0.5) is 0 Å². The van der Waals surface area contributed by atoms with Crippen molar-refractivity contribution in [3.05, 3.63) is 23.8 Å². The summed E-state index contributed by atoms with van der Waals surface area (Å²) in [5.74, 6) is 0.880. The standard InChI is InChI=1S/C12H24N6O.C7H14N6O.C5H12O/c1-10(2)3-6-18-9-11(15-16-18)12(19)17(7-4-13)8-5-14;8-1-3-13(4-2-9)7(14)6-5-10-12-11-6;1-5(2)3-4-6/h9-10H,3-8,13-14H2,1-2H3;5H,1-4,8-9H2,(H,10,11,12);5-6H,3-4H2,1-2H3. The van der Waals surface area contributed by atoms with Crippen molar-refractivity contribution in [1.29, 1.82) is 0 Å². The maximum absolute atomic E-state index is 12.2. The van der Waals surface area contributed by atoms with Crippen molar-refractivity contribution in [3.8, 4) is 0 Å². The van der Waals surface area contributed by atoms with Gasteiger partial charge in [0.1, 0.15) is 0 Å². The monoisotopic (exact) mass is 554 g/mol. The van der Waals surface area contributed by atoms with Crippen LogP contribution < -0.4 is 22.9 Å².